The van der Waals surface area contributed by atoms with Crippen LogP contribution >= 0.6 is 11.8 Å². The Hall–Kier alpha value is -1.83. The summed E-state index contributed by atoms with van der Waals surface area (Å²) >= 11 is 1.59. The molecule has 3 rings (SSSR count). The molecular weight excluding hydrogens is 330 g/mol. The molecule has 120 valence electrons. The van der Waals surface area contributed by atoms with Gasteiger partial charge in [0, 0.05) is 24.7 Å². The molecular formula is C16H17N3O2S2. The summed E-state index contributed by atoms with van der Waals surface area (Å²) in [5.74, 6) is 0.641. The molecule has 0 aliphatic rings. The number of rotatable bonds is 6. The van der Waals surface area contributed by atoms with Gasteiger partial charge in [0.15, 0.2) is 0 Å². The van der Waals surface area contributed by atoms with E-state index in [2.05, 4.69) is 9.71 Å². The van der Waals surface area contributed by atoms with Gasteiger partial charge in [0.25, 0.3) is 0 Å². The average Bonchev–Trinajstić information content (AvgIpc) is 3.01. The molecule has 0 bridgehead atoms. The third-order valence-electron chi connectivity index (χ3n) is 3.37. The second kappa shape index (κ2) is 6.74. The number of thioether (sulfide) groups is 1. The fraction of sp³-hybridized carbons (Fsp3) is 0.188. The van der Waals surface area contributed by atoms with Crippen molar-refractivity contribution in [2.45, 2.75) is 16.8 Å². The molecule has 7 heteroatoms. The summed E-state index contributed by atoms with van der Waals surface area (Å²) < 4.78 is 29.0. The molecule has 2 heterocycles. The first-order valence-corrected chi connectivity index (χ1v) is 9.64. The first-order chi connectivity index (χ1) is 11.1. The number of aryl methyl sites for hydroxylation is 1. The quantitative estimate of drug-likeness (QED) is 0.550. The highest BCUT2D eigenvalue weighted by Crippen LogP contribution is 2.19. The zero-order valence-electron chi connectivity index (χ0n) is 12.6. The van der Waals surface area contributed by atoms with Crippen molar-refractivity contribution in [1.29, 1.82) is 0 Å². The molecule has 1 aromatic carbocycles. The highest BCUT2D eigenvalue weighted by atomic mass is 32.2. The molecule has 0 amide bonds. The Labute approximate surface area is 139 Å². The smallest absolute Gasteiger partial charge is 0.240 e. The highest BCUT2D eigenvalue weighted by Gasteiger charge is 2.12. The van der Waals surface area contributed by atoms with E-state index in [0.29, 0.717) is 17.2 Å². The van der Waals surface area contributed by atoms with Gasteiger partial charge in [0.1, 0.15) is 5.65 Å². The van der Waals surface area contributed by atoms with Crippen LogP contribution in [0.1, 0.15) is 5.56 Å². The van der Waals surface area contributed by atoms with Crippen molar-refractivity contribution in [1.82, 2.24) is 14.1 Å². The summed E-state index contributed by atoms with van der Waals surface area (Å²) in [5, 5.41) is 1.04. The van der Waals surface area contributed by atoms with Gasteiger partial charge in [-0.05, 0) is 31.2 Å². The summed E-state index contributed by atoms with van der Waals surface area (Å²) in [7, 11) is -3.45. The lowest BCUT2D eigenvalue weighted by molar-refractivity contribution is 0.584. The van der Waals surface area contributed by atoms with Crippen molar-refractivity contribution >= 4 is 27.4 Å². The summed E-state index contributed by atoms with van der Waals surface area (Å²) in [6.45, 7) is 2.29. The highest BCUT2D eigenvalue weighted by molar-refractivity contribution is 7.99. The largest absolute Gasteiger partial charge is 0.294 e. The van der Waals surface area contributed by atoms with E-state index < -0.39 is 10.0 Å². The van der Waals surface area contributed by atoms with Gasteiger partial charge < -0.3 is 0 Å². The maximum absolute atomic E-state index is 12.2. The molecule has 0 radical (unpaired) electrons. The lowest BCUT2D eigenvalue weighted by atomic mass is 10.2. The molecule has 0 aliphatic heterocycles. The van der Waals surface area contributed by atoms with Crippen LogP contribution in [0.3, 0.4) is 0 Å². The third kappa shape index (κ3) is 3.74. The number of fused-ring (bicyclic) bond motifs is 1. The number of nitrogens with one attached hydrogen (secondary N) is 1. The van der Waals surface area contributed by atoms with Gasteiger partial charge in [-0.15, -0.1) is 11.8 Å². The number of sulfonamides is 1. The third-order valence-corrected chi connectivity index (χ3v) is 5.88. The normalized spacial score (nSPS) is 11.9. The Morgan fingerprint density at radius 2 is 1.96 bits per heavy atom. The lowest BCUT2D eigenvalue weighted by Crippen LogP contribution is -2.26. The van der Waals surface area contributed by atoms with Crippen LogP contribution in [0.15, 0.2) is 64.8 Å². The van der Waals surface area contributed by atoms with Gasteiger partial charge >= 0.3 is 0 Å². The van der Waals surface area contributed by atoms with E-state index in [9.17, 15) is 8.42 Å². The van der Waals surface area contributed by atoms with Crippen LogP contribution in [0.5, 0.6) is 0 Å². The minimum absolute atomic E-state index is 0.296. The predicted molar refractivity (Wildman–Crippen MR) is 92.3 cm³/mol. The predicted octanol–water partition coefficient (Wildman–Crippen LogP) is 2.71. The van der Waals surface area contributed by atoms with E-state index in [4.69, 9.17) is 0 Å². The van der Waals surface area contributed by atoms with E-state index >= 15 is 0 Å². The molecule has 2 aromatic heterocycles. The van der Waals surface area contributed by atoms with E-state index in [1.807, 2.05) is 35.7 Å². The summed E-state index contributed by atoms with van der Waals surface area (Å²) in [5.41, 5.74) is 1.92. The van der Waals surface area contributed by atoms with Crippen molar-refractivity contribution in [2.24, 2.45) is 0 Å². The van der Waals surface area contributed by atoms with E-state index in [1.54, 1.807) is 42.2 Å². The maximum atomic E-state index is 12.2. The minimum atomic E-state index is -3.45. The van der Waals surface area contributed by atoms with Gasteiger partial charge in [-0.2, -0.15) is 0 Å². The fourth-order valence-electron chi connectivity index (χ4n) is 2.17. The SMILES string of the molecule is Cc1ccc(S(=O)(=O)NCCSc2cccc3nccn23)cc1. The second-order valence-electron chi connectivity index (χ2n) is 5.08. The van der Waals surface area contributed by atoms with E-state index in [0.717, 1.165) is 16.2 Å². The topological polar surface area (TPSA) is 63.5 Å². The molecule has 3 aromatic rings. The van der Waals surface area contributed by atoms with Crippen LogP contribution in [-0.2, 0) is 10.0 Å². The standard InChI is InChI=1S/C16H17N3O2S2/c1-13-5-7-14(8-6-13)23(20,21)18-10-12-22-16-4-2-3-15-17-9-11-19(15)16/h2-9,11,18H,10,12H2,1H3. The molecule has 0 fully saturated rings. The lowest BCUT2D eigenvalue weighted by Gasteiger charge is -2.08. The molecule has 0 spiro atoms. The van der Waals surface area contributed by atoms with Crippen molar-refractivity contribution in [3.8, 4) is 0 Å². The zero-order valence-corrected chi connectivity index (χ0v) is 14.3. The van der Waals surface area contributed by atoms with Crippen molar-refractivity contribution in [3.63, 3.8) is 0 Å². The summed E-state index contributed by atoms with van der Waals surface area (Å²) in [6, 6.07) is 12.7. The molecule has 23 heavy (non-hydrogen) atoms. The molecule has 0 saturated carbocycles. The summed E-state index contributed by atoms with van der Waals surface area (Å²) in [4.78, 5) is 4.53. The first-order valence-electron chi connectivity index (χ1n) is 7.17. The van der Waals surface area contributed by atoms with Gasteiger partial charge in [-0.3, -0.25) is 4.40 Å². The van der Waals surface area contributed by atoms with Crippen LogP contribution in [0.4, 0.5) is 0 Å². The Kier molecular flexibility index (Phi) is 4.70. The molecule has 5 nitrogen and oxygen atoms in total. The number of imidazole rings is 1. The first kappa shape index (κ1) is 16.0. The Morgan fingerprint density at radius 3 is 2.74 bits per heavy atom. The van der Waals surface area contributed by atoms with Crippen LogP contribution in [0, 0.1) is 6.92 Å². The van der Waals surface area contributed by atoms with Crippen molar-refractivity contribution in [2.75, 3.05) is 12.3 Å². The second-order valence-corrected chi connectivity index (χ2v) is 7.96. The number of benzene rings is 1. The number of aromatic nitrogens is 2. The molecule has 0 saturated heterocycles. The fourth-order valence-corrected chi connectivity index (χ4v) is 4.21. The zero-order chi connectivity index (χ0) is 16.3. The summed E-state index contributed by atoms with van der Waals surface area (Å²) in [6.07, 6.45) is 3.65. The number of pyridine rings is 1. The van der Waals surface area contributed by atoms with E-state index in [1.165, 1.54) is 0 Å². The van der Waals surface area contributed by atoms with Crippen LogP contribution in [-0.4, -0.2) is 30.1 Å². The Morgan fingerprint density at radius 1 is 1.17 bits per heavy atom. The van der Waals surface area contributed by atoms with Gasteiger partial charge in [-0.1, -0.05) is 23.8 Å². The van der Waals surface area contributed by atoms with Gasteiger partial charge in [-0.25, -0.2) is 18.1 Å². The van der Waals surface area contributed by atoms with Gasteiger partial charge in [0.05, 0.1) is 9.92 Å². The molecule has 1 N–H and O–H groups in total. The average molecular weight is 347 g/mol. The maximum Gasteiger partial charge on any atom is 0.240 e. The van der Waals surface area contributed by atoms with Crippen LogP contribution < -0.4 is 4.72 Å². The Bertz CT molecular complexity index is 902. The minimum Gasteiger partial charge on any atom is -0.294 e. The Balaban J connectivity index is 1.59. The number of hydrogen-bond donors (Lipinski definition) is 1. The van der Waals surface area contributed by atoms with Crippen LogP contribution in [0.2, 0.25) is 0 Å². The van der Waals surface area contributed by atoms with Crippen LogP contribution in [0.25, 0.3) is 5.65 Å². The van der Waals surface area contributed by atoms with Crippen molar-refractivity contribution < 1.29 is 8.42 Å². The molecule has 0 unspecified atom stereocenters. The monoisotopic (exact) mass is 347 g/mol. The van der Waals surface area contributed by atoms with Gasteiger partial charge in [0.2, 0.25) is 10.0 Å². The molecule has 0 atom stereocenters. The van der Waals surface area contributed by atoms with E-state index in [-0.39, 0.29) is 0 Å². The number of nitrogens with zero attached hydrogens (tertiary/aromatic N) is 2. The van der Waals surface area contributed by atoms with Crippen molar-refractivity contribution in [3.05, 3.63) is 60.4 Å². The number of hydrogen-bond acceptors (Lipinski definition) is 4. The molecule has 0 aliphatic carbocycles.